The average Bonchev–Trinajstić information content (AvgIpc) is 2.56. The van der Waals surface area contributed by atoms with Crippen molar-refractivity contribution in [2.24, 2.45) is 0 Å². The Labute approximate surface area is 147 Å². The number of esters is 1. The minimum Gasteiger partial charge on any atom is -0.452 e. The standard InChI is InChI=1S/C17H12Cl2FNO3/c18-13-2-1-3-14(19)17(13)21-15(22)10-24-16(23)9-6-11-4-7-12(20)8-5-11/h1-9H,10H2,(H,21,22)/b9-6+. The smallest absolute Gasteiger partial charge is 0.331 e. The monoisotopic (exact) mass is 367 g/mol. The van der Waals surface area contributed by atoms with E-state index < -0.39 is 18.5 Å². The molecule has 0 heterocycles. The zero-order valence-corrected chi connectivity index (χ0v) is 13.8. The van der Waals surface area contributed by atoms with Crippen molar-refractivity contribution in [3.8, 4) is 0 Å². The second-order valence-electron chi connectivity index (χ2n) is 4.64. The van der Waals surface area contributed by atoms with Gasteiger partial charge in [0.05, 0.1) is 15.7 Å². The van der Waals surface area contributed by atoms with Crippen molar-refractivity contribution in [1.29, 1.82) is 0 Å². The molecule has 1 N–H and O–H groups in total. The van der Waals surface area contributed by atoms with Gasteiger partial charge in [-0.15, -0.1) is 0 Å². The van der Waals surface area contributed by atoms with Gasteiger partial charge in [0.15, 0.2) is 6.61 Å². The van der Waals surface area contributed by atoms with Gasteiger partial charge in [-0.05, 0) is 35.9 Å². The number of ether oxygens (including phenoxy) is 1. The molecule has 0 saturated heterocycles. The molecule has 2 aromatic rings. The lowest BCUT2D eigenvalue weighted by Crippen LogP contribution is -2.20. The SMILES string of the molecule is O=C(COC(=O)/C=C/c1ccc(F)cc1)Nc1c(Cl)cccc1Cl. The predicted octanol–water partition coefficient (Wildman–Crippen LogP) is 4.33. The van der Waals surface area contributed by atoms with Crippen LogP contribution in [0.1, 0.15) is 5.56 Å². The van der Waals surface area contributed by atoms with Crippen molar-refractivity contribution in [2.75, 3.05) is 11.9 Å². The third-order valence-electron chi connectivity index (χ3n) is 2.85. The third-order valence-corrected chi connectivity index (χ3v) is 3.48. The first-order valence-corrected chi connectivity index (χ1v) is 7.55. The quantitative estimate of drug-likeness (QED) is 0.632. The maximum Gasteiger partial charge on any atom is 0.331 e. The number of amides is 1. The van der Waals surface area contributed by atoms with E-state index in [9.17, 15) is 14.0 Å². The Hall–Kier alpha value is -2.37. The van der Waals surface area contributed by atoms with Gasteiger partial charge in [0.1, 0.15) is 5.82 Å². The molecule has 1 amide bonds. The maximum absolute atomic E-state index is 12.8. The van der Waals surface area contributed by atoms with Gasteiger partial charge in [0.25, 0.3) is 5.91 Å². The number of para-hydroxylation sites is 1. The van der Waals surface area contributed by atoms with Crippen molar-refractivity contribution in [3.63, 3.8) is 0 Å². The molecule has 0 aliphatic rings. The van der Waals surface area contributed by atoms with Crippen molar-refractivity contribution < 1.29 is 18.7 Å². The van der Waals surface area contributed by atoms with Gasteiger partial charge in [-0.25, -0.2) is 9.18 Å². The van der Waals surface area contributed by atoms with Gasteiger partial charge in [0.2, 0.25) is 0 Å². The molecule has 0 spiro atoms. The van der Waals surface area contributed by atoms with Crippen molar-refractivity contribution in [3.05, 3.63) is 70.0 Å². The molecule has 0 unspecified atom stereocenters. The second-order valence-corrected chi connectivity index (χ2v) is 5.45. The average molecular weight is 368 g/mol. The first-order chi connectivity index (χ1) is 11.5. The summed E-state index contributed by atoms with van der Waals surface area (Å²) in [7, 11) is 0. The number of benzene rings is 2. The first kappa shape index (κ1) is 18.0. The highest BCUT2D eigenvalue weighted by Gasteiger charge is 2.10. The second kappa shape index (κ2) is 8.47. The molecule has 2 rings (SSSR count). The minimum absolute atomic E-state index is 0.253. The van der Waals surface area contributed by atoms with Gasteiger partial charge in [-0.2, -0.15) is 0 Å². The van der Waals surface area contributed by atoms with E-state index in [4.69, 9.17) is 27.9 Å². The molecule has 0 aliphatic carbocycles. The lowest BCUT2D eigenvalue weighted by atomic mass is 10.2. The molecule has 2 aromatic carbocycles. The number of carbonyl (C=O) groups is 2. The van der Waals surface area contributed by atoms with E-state index in [0.29, 0.717) is 5.56 Å². The van der Waals surface area contributed by atoms with Crippen LogP contribution >= 0.6 is 23.2 Å². The highest BCUT2D eigenvalue weighted by Crippen LogP contribution is 2.29. The zero-order chi connectivity index (χ0) is 17.5. The topological polar surface area (TPSA) is 55.4 Å². The Morgan fingerprint density at radius 3 is 2.33 bits per heavy atom. The summed E-state index contributed by atoms with van der Waals surface area (Å²) in [5.74, 6) is -1.65. The van der Waals surface area contributed by atoms with Crippen LogP contribution in [0.4, 0.5) is 10.1 Å². The van der Waals surface area contributed by atoms with E-state index in [-0.39, 0.29) is 21.5 Å². The van der Waals surface area contributed by atoms with Crippen LogP contribution in [0.15, 0.2) is 48.5 Å². The molecular formula is C17H12Cl2FNO3. The van der Waals surface area contributed by atoms with Gasteiger partial charge in [-0.1, -0.05) is 41.4 Å². The van der Waals surface area contributed by atoms with Crippen molar-refractivity contribution in [1.82, 2.24) is 0 Å². The number of hydrogen-bond acceptors (Lipinski definition) is 3. The number of halogens is 3. The highest BCUT2D eigenvalue weighted by atomic mass is 35.5. The Balaban J connectivity index is 1.85. The molecule has 0 radical (unpaired) electrons. The van der Waals surface area contributed by atoms with Crippen LogP contribution in [0, 0.1) is 5.82 Å². The van der Waals surface area contributed by atoms with Gasteiger partial charge >= 0.3 is 5.97 Å². The number of nitrogens with one attached hydrogen (secondary N) is 1. The predicted molar refractivity (Wildman–Crippen MR) is 91.5 cm³/mol. The zero-order valence-electron chi connectivity index (χ0n) is 12.3. The summed E-state index contributed by atoms with van der Waals surface area (Å²) in [4.78, 5) is 23.3. The highest BCUT2D eigenvalue weighted by molar-refractivity contribution is 6.39. The number of anilines is 1. The summed E-state index contributed by atoms with van der Waals surface area (Å²) in [5.41, 5.74) is 0.879. The van der Waals surface area contributed by atoms with Crippen LogP contribution in [0.5, 0.6) is 0 Å². The van der Waals surface area contributed by atoms with E-state index in [1.54, 1.807) is 18.2 Å². The lowest BCUT2D eigenvalue weighted by molar-refractivity contribution is -0.142. The Morgan fingerprint density at radius 2 is 1.71 bits per heavy atom. The molecule has 24 heavy (non-hydrogen) atoms. The molecule has 4 nitrogen and oxygen atoms in total. The normalized spacial score (nSPS) is 10.6. The molecule has 7 heteroatoms. The largest absolute Gasteiger partial charge is 0.452 e. The molecule has 0 aliphatic heterocycles. The first-order valence-electron chi connectivity index (χ1n) is 6.80. The van der Waals surface area contributed by atoms with Gasteiger partial charge < -0.3 is 10.1 Å². The van der Waals surface area contributed by atoms with Crippen molar-refractivity contribution >= 4 is 46.8 Å². The molecule has 0 saturated carbocycles. The summed E-state index contributed by atoms with van der Waals surface area (Å²) in [6, 6.07) is 10.3. The minimum atomic E-state index is -0.709. The summed E-state index contributed by atoms with van der Waals surface area (Å²) in [6.07, 6.45) is 2.59. The fraction of sp³-hybridized carbons (Fsp3) is 0.0588. The molecule has 0 atom stereocenters. The molecular weight excluding hydrogens is 356 g/mol. The van der Waals surface area contributed by atoms with Crippen LogP contribution in [0.25, 0.3) is 6.08 Å². The van der Waals surface area contributed by atoms with Gasteiger partial charge in [0, 0.05) is 6.08 Å². The van der Waals surface area contributed by atoms with Crippen molar-refractivity contribution in [2.45, 2.75) is 0 Å². The third kappa shape index (κ3) is 5.37. The molecule has 0 bridgehead atoms. The number of carbonyl (C=O) groups excluding carboxylic acids is 2. The fourth-order valence-corrected chi connectivity index (χ4v) is 2.21. The Morgan fingerprint density at radius 1 is 1.08 bits per heavy atom. The summed E-state index contributed by atoms with van der Waals surface area (Å²) in [5, 5.41) is 3.02. The Kier molecular flexibility index (Phi) is 6.35. The van der Waals surface area contributed by atoms with Gasteiger partial charge in [-0.3, -0.25) is 4.79 Å². The molecule has 0 fully saturated rings. The summed E-state index contributed by atoms with van der Waals surface area (Å²) < 4.78 is 17.6. The van der Waals surface area contributed by atoms with E-state index >= 15 is 0 Å². The number of rotatable bonds is 5. The number of hydrogen-bond donors (Lipinski definition) is 1. The van der Waals surface area contributed by atoms with Crippen LogP contribution < -0.4 is 5.32 Å². The lowest BCUT2D eigenvalue weighted by Gasteiger charge is -2.08. The van der Waals surface area contributed by atoms with E-state index in [1.165, 1.54) is 30.3 Å². The molecule has 124 valence electrons. The van der Waals surface area contributed by atoms with Crippen LogP contribution in [0.3, 0.4) is 0 Å². The summed E-state index contributed by atoms with van der Waals surface area (Å²) >= 11 is 11.8. The fourth-order valence-electron chi connectivity index (χ4n) is 1.72. The van der Waals surface area contributed by atoms with E-state index in [1.807, 2.05) is 0 Å². The maximum atomic E-state index is 12.8. The molecule has 0 aromatic heterocycles. The summed E-state index contributed by atoms with van der Waals surface area (Å²) in [6.45, 7) is -0.492. The van der Waals surface area contributed by atoms with E-state index in [0.717, 1.165) is 6.08 Å². The van der Waals surface area contributed by atoms with E-state index in [2.05, 4.69) is 5.32 Å². The Bertz CT molecular complexity index is 756. The van der Waals surface area contributed by atoms with Crippen LogP contribution in [0.2, 0.25) is 10.0 Å². The van der Waals surface area contributed by atoms with Crippen LogP contribution in [-0.2, 0) is 14.3 Å². The van der Waals surface area contributed by atoms with Crippen LogP contribution in [-0.4, -0.2) is 18.5 Å².